The highest BCUT2D eigenvalue weighted by Crippen LogP contribution is 2.40. The van der Waals surface area contributed by atoms with Crippen LogP contribution >= 0.6 is 15.9 Å². The van der Waals surface area contributed by atoms with Crippen LogP contribution in [0.5, 0.6) is 0 Å². The Kier molecular flexibility index (Phi) is 5.92. The number of nitrogens with zero attached hydrogens (tertiary/aromatic N) is 1. The van der Waals surface area contributed by atoms with Crippen molar-refractivity contribution in [2.75, 3.05) is 16.8 Å². The molecule has 0 aromatic heterocycles. The van der Waals surface area contributed by atoms with Crippen molar-refractivity contribution in [3.8, 4) is 0 Å². The average molecular weight is 493 g/mol. The number of alkyl halides is 3. The zero-order valence-corrected chi connectivity index (χ0v) is 18.0. The molecule has 0 bridgehead atoms. The van der Waals surface area contributed by atoms with E-state index in [1.54, 1.807) is 4.90 Å². The average Bonchev–Trinajstić information content (AvgIpc) is 2.75. The first-order valence-electron chi connectivity index (χ1n) is 9.96. The molecule has 1 N–H and O–H groups in total. The van der Waals surface area contributed by atoms with Gasteiger partial charge in [-0.3, -0.25) is 9.59 Å². The van der Waals surface area contributed by atoms with E-state index in [2.05, 4.69) is 21.2 Å². The quantitative estimate of drug-likeness (QED) is 0.562. The van der Waals surface area contributed by atoms with Gasteiger partial charge in [0.25, 0.3) is 0 Å². The third-order valence-corrected chi connectivity index (χ3v) is 6.54. The summed E-state index contributed by atoms with van der Waals surface area (Å²) in [7, 11) is 0. The van der Waals surface area contributed by atoms with Crippen molar-refractivity contribution < 1.29 is 22.8 Å². The number of carbonyl (C=O) groups excluding carboxylic acids is 2. The molecule has 31 heavy (non-hydrogen) atoms. The van der Waals surface area contributed by atoms with Gasteiger partial charge in [0.2, 0.25) is 11.8 Å². The van der Waals surface area contributed by atoms with Gasteiger partial charge in [-0.25, -0.2) is 0 Å². The number of allylic oxidation sites excluding steroid dienone is 2. The van der Waals surface area contributed by atoms with Crippen LogP contribution in [0.4, 0.5) is 24.5 Å². The maximum atomic E-state index is 13.3. The second kappa shape index (κ2) is 8.49. The number of benzene rings is 2. The molecule has 2 aromatic rings. The van der Waals surface area contributed by atoms with Gasteiger partial charge in [0.05, 0.1) is 17.4 Å². The monoisotopic (exact) mass is 492 g/mol. The van der Waals surface area contributed by atoms with Gasteiger partial charge in [-0.05, 0) is 49.1 Å². The van der Waals surface area contributed by atoms with Gasteiger partial charge < -0.3 is 10.2 Å². The van der Waals surface area contributed by atoms with Crippen LogP contribution in [0.1, 0.15) is 18.4 Å². The van der Waals surface area contributed by atoms with Crippen molar-refractivity contribution >= 4 is 39.1 Å². The molecular formula is C23H20BrF3N2O2. The van der Waals surface area contributed by atoms with Crippen LogP contribution in [0.15, 0.2) is 65.2 Å². The number of anilines is 2. The van der Waals surface area contributed by atoms with E-state index in [0.717, 1.165) is 18.2 Å². The Labute approximate surface area is 186 Å². The number of hydrogen-bond acceptors (Lipinski definition) is 2. The summed E-state index contributed by atoms with van der Waals surface area (Å²) in [6, 6.07) is 12.8. The molecule has 2 aliphatic rings. The summed E-state index contributed by atoms with van der Waals surface area (Å²) in [4.78, 5) is 28.1. The van der Waals surface area contributed by atoms with Crippen molar-refractivity contribution in [1.82, 2.24) is 0 Å². The van der Waals surface area contributed by atoms with Crippen molar-refractivity contribution in [3.63, 3.8) is 0 Å². The summed E-state index contributed by atoms with van der Waals surface area (Å²) in [6.07, 6.45) is 0.412. The number of carbonyl (C=O) groups is 2. The first-order valence-corrected chi connectivity index (χ1v) is 10.8. The zero-order chi connectivity index (χ0) is 22.2. The SMILES string of the molecule is O=C(Nc1ccc(Br)c(C(F)(F)F)c1)C1CC=CC2CCN(c3ccccc3)C(=O)C21. The van der Waals surface area contributed by atoms with Crippen molar-refractivity contribution in [2.45, 2.75) is 19.0 Å². The van der Waals surface area contributed by atoms with E-state index in [1.165, 1.54) is 12.1 Å². The second-order valence-electron chi connectivity index (χ2n) is 7.76. The molecule has 2 amide bonds. The van der Waals surface area contributed by atoms with Crippen molar-refractivity contribution in [2.24, 2.45) is 17.8 Å². The number of piperidine rings is 1. The minimum Gasteiger partial charge on any atom is -0.326 e. The van der Waals surface area contributed by atoms with E-state index in [1.807, 2.05) is 42.5 Å². The largest absolute Gasteiger partial charge is 0.417 e. The number of halogens is 4. The summed E-state index contributed by atoms with van der Waals surface area (Å²) in [6.45, 7) is 0.560. The van der Waals surface area contributed by atoms with Crippen molar-refractivity contribution in [1.29, 1.82) is 0 Å². The van der Waals surface area contributed by atoms with Crippen molar-refractivity contribution in [3.05, 3.63) is 70.7 Å². The van der Waals surface area contributed by atoms with Gasteiger partial charge >= 0.3 is 6.18 Å². The van der Waals surface area contributed by atoms with E-state index >= 15 is 0 Å². The molecule has 0 saturated carbocycles. The Morgan fingerprint density at radius 1 is 1.13 bits per heavy atom. The number of para-hydroxylation sites is 1. The van der Waals surface area contributed by atoms with Gasteiger partial charge in [-0.1, -0.05) is 46.3 Å². The van der Waals surface area contributed by atoms with Gasteiger partial charge in [0, 0.05) is 22.4 Å². The Balaban J connectivity index is 1.57. The molecule has 1 heterocycles. The predicted molar refractivity (Wildman–Crippen MR) is 115 cm³/mol. The zero-order valence-electron chi connectivity index (χ0n) is 16.4. The Bertz CT molecular complexity index is 1020. The van der Waals surface area contributed by atoms with Gasteiger partial charge in [0.15, 0.2) is 0 Å². The summed E-state index contributed by atoms with van der Waals surface area (Å²) >= 11 is 2.90. The molecule has 4 rings (SSSR count). The molecule has 1 fully saturated rings. The highest BCUT2D eigenvalue weighted by atomic mass is 79.9. The molecule has 1 aliphatic heterocycles. The second-order valence-corrected chi connectivity index (χ2v) is 8.61. The van der Waals surface area contributed by atoms with E-state index in [-0.39, 0.29) is 22.0 Å². The van der Waals surface area contributed by atoms with Crippen LogP contribution in [0.3, 0.4) is 0 Å². The topological polar surface area (TPSA) is 49.4 Å². The fourth-order valence-corrected chi connectivity index (χ4v) is 4.83. The molecule has 1 saturated heterocycles. The molecular weight excluding hydrogens is 473 g/mol. The lowest BCUT2D eigenvalue weighted by molar-refractivity contribution is -0.138. The lowest BCUT2D eigenvalue weighted by Gasteiger charge is -2.41. The summed E-state index contributed by atoms with van der Waals surface area (Å²) in [5.74, 6) is -1.83. The van der Waals surface area contributed by atoms with Crippen LogP contribution in [0.2, 0.25) is 0 Å². The first-order chi connectivity index (χ1) is 14.8. The fourth-order valence-electron chi connectivity index (χ4n) is 4.35. The third kappa shape index (κ3) is 4.39. The first kappa shape index (κ1) is 21.6. The molecule has 2 aromatic carbocycles. The lowest BCUT2D eigenvalue weighted by atomic mass is 9.71. The normalized spacial score (nSPS) is 23.4. The van der Waals surface area contributed by atoms with Crippen LogP contribution in [0.25, 0.3) is 0 Å². The highest BCUT2D eigenvalue weighted by Gasteiger charge is 2.45. The maximum absolute atomic E-state index is 13.3. The molecule has 0 radical (unpaired) electrons. The summed E-state index contributed by atoms with van der Waals surface area (Å²) < 4.78 is 39.5. The number of amides is 2. The highest BCUT2D eigenvalue weighted by molar-refractivity contribution is 9.10. The number of rotatable bonds is 3. The predicted octanol–water partition coefficient (Wildman–Crippen LogP) is 5.65. The van der Waals surface area contributed by atoms with E-state index in [4.69, 9.17) is 0 Å². The number of nitrogens with one attached hydrogen (secondary N) is 1. The Hall–Kier alpha value is -2.61. The fraction of sp³-hybridized carbons (Fsp3) is 0.304. The Morgan fingerprint density at radius 3 is 2.58 bits per heavy atom. The van der Waals surface area contributed by atoms with Crippen LogP contribution in [-0.4, -0.2) is 18.4 Å². The molecule has 1 aliphatic carbocycles. The van der Waals surface area contributed by atoms with E-state index in [9.17, 15) is 22.8 Å². The molecule has 3 atom stereocenters. The van der Waals surface area contributed by atoms with Gasteiger partial charge in [-0.15, -0.1) is 0 Å². The summed E-state index contributed by atoms with van der Waals surface area (Å²) in [5.41, 5.74) is -0.0343. The van der Waals surface area contributed by atoms with Crippen LogP contribution in [0, 0.1) is 17.8 Å². The van der Waals surface area contributed by atoms with Crippen LogP contribution in [-0.2, 0) is 15.8 Å². The standard InChI is InChI=1S/C23H20BrF3N2O2/c24-19-10-9-15(13-18(19)23(25,26)27)28-21(30)17-8-4-5-14-11-12-29(22(31)20(14)17)16-6-2-1-3-7-16/h1-7,9-10,13-14,17,20H,8,11-12H2,(H,28,30). The van der Waals surface area contributed by atoms with E-state index in [0.29, 0.717) is 13.0 Å². The van der Waals surface area contributed by atoms with Crippen LogP contribution < -0.4 is 10.2 Å². The van der Waals surface area contributed by atoms with Gasteiger partial charge in [0.1, 0.15) is 0 Å². The smallest absolute Gasteiger partial charge is 0.326 e. The molecule has 162 valence electrons. The summed E-state index contributed by atoms with van der Waals surface area (Å²) in [5, 5.41) is 2.60. The number of hydrogen-bond donors (Lipinski definition) is 1. The Morgan fingerprint density at radius 2 is 1.87 bits per heavy atom. The number of fused-ring (bicyclic) bond motifs is 1. The maximum Gasteiger partial charge on any atom is 0.417 e. The third-order valence-electron chi connectivity index (χ3n) is 5.85. The van der Waals surface area contributed by atoms with Gasteiger partial charge in [-0.2, -0.15) is 13.2 Å². The lowest BCUT2D eigenvalue weighted by Crippen LogP contribution is -2.51. The minimum atomic E-state index is -4.55. The van der Waals surface area contributed by atoms with E-state index < -0.39 is 29.5 Å². The minimum absolute atomic E-state index is 0.0507. The molecule has 4 nitrogen and oxygen atoms in total. The molecule has 3 unspecified atom stereocenters. The molecule has 0 spiro atoms. The molecule has 8 heteroatoms.